The van der Waals surface area contributed by atoms with Crippen LogP contribution in [0, 0.1) is 35.5 Å². The summed E-state index contributed by atoms with van der Waals surface area (Å²) in [5.74, 6) is 1.41. The van der Waals surface area contributed by atoms with Gasteiger partial charge in [-0.2, -0.15) is 5.26 Å². The van der Waals surface area contributed by atoms with Crippen molar-refractivity contribution in [2.45, 2.75) is 132 Å². The van der Waals surface area contributed by atoms with Gasteiger partial charge in [0.05, 0.1) is 6.07 Å². The van der Waals surface area contributed by atoms with E-state index in [0.29, 0.717) is 23.3 Å². The zero-order valence-corrected chi connectivity index (χ0v) is 28.6. The Hall–Kier alpha value is -2.59. The van der Waals surface area contributed by atoms with Gasteiger partial charge in [-0.15, -0.1) is 13.2 Å². The van der Waals surface area contributed by atoms with Gasteiger partial charge in [-0.25, -0.2) is 0 Å². The molecule has 1 saturated carbocycles. The summed E-state index contributed by atoms with van der Waals surface area (Å²) in [4.78, 5) is 0. The van der Waals surface area contributed by atoms with Crippen LogP contribution in [-0.2, 0) is 5.41 Å². The first kappa shape index (κ1) is 38.4. The van der Waals surface area contributed by atoms with Crippen molar-refractivity contribution in [3.8, 4) is 6.07 Å². The molecule has 0 heterocycles. The lowest BCUT2D eigenvalue weighted by atomic mass is 9.44. The number of fused-ring (bicyclic) bond motifs is 1. The predicted molar refractivity (Wildman–Crippen MR) is 186 cm³/mol. The first-order valence-corrected chi connectivity index (χ1v) is 16.1. The van der Waals surface area contributed by atoms with Crippen LogP contribution in [0.15, 0.2) is 67.8 Å². The van der Waals surface area contributed by atoms with Crippen LogP contribution in [0.2, 0.25) is 0 Å². The fraction of sp³-hybridized carbons (Fsp3) is 0.575. The zero-order chi connectivity index (χ0) is 31.8. The van der Waals surface area contributed by atoms with Crippen LogP contribution >= 0.6 is 0 Å². The molecular weight excluding hydrogens is 494 g/mol. The number of nitrogens with zero attached hydrogens (tertiary/aromatic N) is 1. The van der Waals surface area contributed by atoms with Gasteiger partial charge in [-0.1, -0.05) is 137 Å². The summed E-state index contributed by atoms with van der Waals surface area (Å²) in [5, 5.41) is 9.53. The highest BCUT2D eigenvalue weighted by molar-refractivity contribution is 5.61. The lowest BCUT2D eigenvalue weighted by molar-refractivity contribution is -0.0173. The van der Waals surface area contributed by atoms with Crippen LogP contribution in [0.5, 0.6) is 0 Å². The third-order valence-electron chi connectivity index (χ3n) is 8.69. The molecule has 0 aromatic heterocycles. The van der Waals surface area contributed by atoms with E-state index in [0.717, 1.165) is 12.8 Å². The van der Waals surface area contributed by atoms with Gasteiger partial charge in [0.2, 0.25) is 0 Å². The molecule has 41 heavy (non-hydrogen) atoms. The topological polar surface area (TPSA) is 23.8 Å². The molecule has 1 aromatic rings. The van der Waals surface area contributed by atoms with Gasteiger partial charge < -0.3 is 0 Å². The van der Waals surface area contributed by atoms with Gasteiger partial charge >= 0.3 is 0 Å². The molecule has 3 atom stereocenters. The third kappa shape index (κ3) is 10.3. The highest BCUT2D eigenvalue weighted by Crippen LogP contribution is 2.65. The average Bonchev–Trinajstić information content (AvgIpc) is 2.94. The minimum atomic E-state index is 0.165. The number of allylic oxidation sites excluding steroid dienone is 5. The normalized spacial score (nSPS) is 19.5. The molecule has 2 unspecified atom stereocenters. The maximum absolute atomic E-state index is 9.53. The number of nitriles is 1. The van der Waals surface area contributed by atoms with Crippen LogP contribution in [0.25, 0.3) is 6.08 Å². The molecule has 3 aliphatic carbocycles. The molecule has 1 nitrogen and oxygen atoms in total. The molecule has 0 radical (unpaired) electrons. The highest BCUT2D eigenvalue weighted by Gasteiger charge is 2.56. The van der Waals surface area contributed by atoms with Gasteiger partial charge in [-0.05, 0) is 83.6 Å². The van der Waals surface area contributed by atoms with Crippen molar-refractivity contribution in [1.29, 1.82) is 5.26 Å². The fourth-order valence-corrected chi connectivity index (χ4v) is 6.16. The second-order valence-electron chi connectivity index (χ2n) is 13.0. The van der Waals surface area contributed by atoms with E-state index in [2.05, 4.69) is 113 Å². The van der Waals surface area contributed by atoms with E-state index in [1.165, 1.54) is 66.4 Å². The molecule has 3 aliphatic rings. The molecule has 1 fully saturated rings. The van der Waals surface area contributed by atoms with Gasteiger partial charge in [0.15, 0.2) is 0 Å². The summed E-state index contributed by atoms with van der Waals surface area (Å²) in [6.45, 7) is 37.3. The SMILES string of the molecule is C=CC.C=CCC.C=Cc1cc(C(C)(C)CCCCCC)cc(C)c1[C@H]1C=C(C(=C)C#N)C2CC1C2(C)C.CCC. The number of hydrogen-bond donors (Lipinski definition) is 0. The summed E-state index contributed by atoms with van der Waals surface area (Å²) in [6.07, 6.45) is 18.0. The monoisotopic (exact) mass is 557 g/mol. The van der Waals surface area contributed by atoms with Crippen LogP contribution in [-0.4, -0.2) is 0 Å². The van der Waals surface area contributed by atoms with E-state index in [9.17, 15) is 5.26 Å². The predicted octanol–water partition coefficient (Wildman–Crippen LogP) is 12.8. The standard InChI is InChI=1S/C30H41N.C4H8.C3H8.C3H6/c1-9-11-12-13-14-29(5,6)23-15-20(3)28(22(10-2)16-23)25-17-24(21(4)19-31)26-18-27(25)30(26,7)8;1-3-4-2;2*1-3-2/h10,15-17,25-27H,2,4,9,11-14,18H2,1,3,5-8H3;3H,1,4H2,2H3;3H2,1-2H3;3H,1H2,2H3/t25-,26?,27?;;;/m0.../s1. The molecule has 0 saturated heterocycles. The number of benzene rings is 1. The maximum atomic E-state index is 9.53. The van der Waals surface area contributed by atoms with E-state index in [1.807, 2.05) is 19.1 Å². The molecule has 228 valence electrons. The van der Waals surface area contributed by atoms with Crippen molar-refractivity contribution in [3.05, 3.63) is 90.1 Å². The van der Waals surface area contributed by atoms with E-state index in [-0.39, 0.29) is 10.8 Å². The Bertz CT molecular complexity index is 1060. The number of unbranched alkanes of at least 4 members (excludes halogenated alkanes) is 3. The quantitative estimate of drug-likeness (QED) is 0.159. The molecular formula is C40H63N. The van der Waals surface area contributed by atoms with Gasteiger partial charge in [0, 0.05) is 11.5 Å². The van der Waals surface area contributed by atoms with Gasteiger partial charge in [0.1, 0.15) is 0 Å². The van der Waals surface area contributed by atoms with Crippen LogP contribution < -0.4 is 0 Å². The maximum Gasteiger partial charge on any atom is 0.0988 e. The van der Waals surface area contributed by atoms with Crippen molar-refractivity contribution in [3.63, 3.8) is 0 Å². The molecule has 1 heteroatoms. The molecule has 0 N–H and O–H groups in total. The Kier molecular flexibility index (Phi) is 17.6. The van der Waals surface area contributed by atoms with Crippen LogP contribution in [0.4, 0.5) is 0 Å². The first-order valence-electron chi connectivity index (χ1n) is 16.1. The Morgan fingerprint density at radius 2 is 1.63 bits per heavy atom. The Morgan fingerprint density at radius 1 is 1.07 bits per heavy atom. The van der Waals surface area contributed by atoms with Crippen molar-refractivity contribution in [2.75, 3.05) is 0 Å². The van der Waals surface area contributed by atoms with Gasteiger partial charge in [0.25, 0.3) is 0 Å². The lowest BCUT2D eigenvalue weighted by Gasteiger charge is -2.59. The van der Waals surface area contributed by atoms with E-state index >= 15 is 0 Å². The summed E-state index contributed by atoms with van der Waals surface area (Å²) < 4.78 is 0. The summed E-state index contributed by atoms with van der Waals surface area (Å²) in [6, 6.07) is 7.13. The Labute approximate surface area is 256 Å². The van der Waals surface area contributed by atoms with Crippen molar-refractivity contribution >= 4 is 6.08 Å². The van der Waals surface area contributed by atoms with Crippen molar-refractivity contribution < 1.29 is 0 Å². The van der Waals surface area contributed by atoms with E-state index in [1.54, 1.807) is 6.08 Å². The molecule has 0 aliphatic heterocycles. The van der Waals surface area contributed by atoms with E-state index < -0.39 is 0 Å². The lowest BCUT2D eigenvalue weighted by Crippen LogP contribution is -2.51. The van der Waals surface area contributed by atoms with Crippen LogP contribution in [0.3, 0.4) is 0 Å². The fourth-order valence-electron chi connectivity index (χ4n) is 6.16. The molecule has 4 rings (SSSR count). The second-order valence-corrected chi connectivity index (χ2v) is 13.0. The Balaban J connectivity index is 0.00000139. The number of rotatable bonds is 10. The smallest absolute Gasteiger partial charge is 0.0988 e. The highest BCUT2D eigenvalue weighted by atomic mass is 14.6. The van der Waals surface area contributed by atoms with Gasteiger partial charge in [-0.3, -0.25) is 0 Å². The minimum Gasteiger partial charge on any atom is -0.192 e. The molecule has 0 spiro atoms. The minimum absolute atomic E-state index is 0.165. The van der Waals surface area contributed by atoms with E-state index in [4.69, 9.17) is 0 Å². The average molecular weight is 558 g/mol. The number of hydrogen-bond acceptors (Lipinski definition) is 1. The summed E-state index contributed by atoms with van der Waals surface area (Å²) in [5.41, 5.74) is 7.64. The third-order valence-corrected chi connectivity index (χ3v) is 8.69. The zero-order valence-electron chi connectivity index (χ0n) is 28.6. The second kappa shape index (κ2) is 18.8. The molecule has 0 amide bonds. The molecule has 2 bridgehead atoms. The largest absolute Gasteiger partial charge is 0.192 e. The summed E-state index contributed by atoms with van der Waals surface area (Å²) >= 11 is 0. The van der Waals surface area contributed by atoms with Crippen molar-refractivity contribution in [1.82, 2.24) is 0 Å². The first-order chi connectivity index (χ1) is 19.3. The molecule has 1 aromatic carbocycles. The number of aryl methyl sites for hydroxylation is 1. The Morgan fingerprint density at radius 3 is 2.07 bits per heavy atom. The van der Waals surface area contributed by atoms with Crippen molar-refractivity contribution in [2.24, 2.45) is 17.3 Å². The summed E-state index contributed by atoms with van der Waals surface area (Å²) in [7, 11) is 0. The van der Waals surface area contributed by atoms with Crippen LogP contribution in [0.1, 0.15) is 142 Å².